The van der Waals surface area contributed by atoms with E-state index in [0.29, 0.717) is 0 Å². The van der Waals surface area contributed by atoms with Crippen LogP contribution in [0.5, 0.6) is 11.5 Å². The smallest absolute Gasteiger partial charge is 0.157 e. The fraction of sp³-hybridized carbons (Fsp3) is 0.182. The van der Waals surface area contributed by atoms with Gasteiger partial charge in [-0.05, 0) is 67.4 Å². The van der Waals surface area contributed by atoms with E-state index in [1.807, 2.05) is 60.7 Å². The molecule has 0 radical (unpaired) electrons. The van der Waals surface area contributed by atoms with E-state index in [1.165, 1.54) is 0 Å². The maximum atomic E-state index is 9.32. The van der Waals surface area contributed by atoms with Crippen LogP contribution in [0.1, 0.15) is 24.1 Å². The van der Waals surface area contributed by atoms with Crippen LogP contribution < -0.4 is 10.6 Å². The Morgan fingerprint density at radius 1 is 0.852 bits per heavy atom. The number of phenolic OH excluding ortho intramolecular Hbond substituents is 2. The summed E-state index contributed by atoms with van der Waals surface area (Å²) in [6.07, 6.45) is 0.910. The van der Waals surface area contributed by atoms with Crippen LogP contribution in [0.3, 0.4) is 0 Å². The summed E-state index contributed by atoms with van der Waals surface area (Å²) in [6.45, 7) is 2.98. The van der Waals surface area contributed by atoms with Crippen molar-refractivity contribution in [2.24, 2.45) is 0 Å². The van der Waals surface area contributed by atoms with Crippen molar-refractivity contribution < 1.29 is 10.2 Å². The predicted octanol–water partition coefficient (Wildman–Crippen LogP) is 5.31. The molecule has 4 N–H and O–H groups in total. The normalized spacial score (nSPS) is 14.8. The molecule has 3 aromatic carbocycles. The molecule has 4 rings (SSSR count). The van der Waals surface area contributed by atoms with E-state index in [0.717, 1.165) is 35.5 Å². The van der Waals surface area contributed by atoms with E-state index >= 15 is 0 Å². The minimum absolute atomic E-state index is 0. The number of anilines is 2. The Balaban J connectivity index is 0.000000187. The van der Waals surface area contributed by atoms with Gasteiger partial charge >= 0.3 is 0 Å². The van der Waals surface area contributed by atoms with Gasteiger partial charge < -0.3 is 20.8 Å². The van der Waals surface area contributed by atoms with Gasteiger partial charge in [0.1, 0.15) is 0 Å². The number of halogens is 1. The molecular weight excluding hydrogens is 404 g/mol. The van der Waals surface area contributed by atoms with Gasteiger partial charge in [-0.1, -0.05) is 36.4 Å². The van der Waals surface area contributed by atoms with Gasteiger partial charge in [-0.3, -0.25) is 0 Å². The number of hydrogen-bond donors (Lipinski definition) is 4. The van der Waals surface area contributed by atoms with Crippen molar-refractivity contribution in [1.82, 2.24) is 5.32 Å². The largest absolute Gasteiger partial charge is 0.504 e. The second-order valence-electron chi connectivity index (χ2n) is 6.32. The van der Waals surface area contributed by atoms with E-state index in [4.69, 9.17) is 0 Å². The molecule has 5 heteroatoms. The lowest BCUT2D eigenvalue weighted by molar-refractivity contribution is 0.399. The number of phenols is 2. The Labute approximate surface area is 170 Å². The van der Waals surface area contributed by atoms with E-state index in [-0.39, 0.29) is 34.5 Å². The first-order valence-electron chi connectivity index (χ1n) is 8.79. The Bertz CT molecular complexity index is 804. The summed E-state index contributed by atoms with van der Waals surface area (Å²) in [7, 11) is 0. The summed E-state index contributed by atoms with van der Waals surface area (Å²) in [5.41, 5.74) is 4.45. The van der Waals surface area contributed by atoms with Crippen molar-refractivity contribution in [3.8, 4) is 11.5 Å². The summed E-state index contributed by atoms with van der Waals surface area (Å²) in [4.78, 5) is 0. The molecule has 0 saturated heterocycles. The Morgan fingerprint density at radius 2 is 1.37 bits per heavy atom. The third-order valence-electron chi connectivity index (χ3n) is 4.38. The molecule has 0 aliphatic carbocycles. The van der Waals surface area contributed by atoms with Crippen LogP contribution in [0.15, 0.2) is 72.8 Å². The minimum Gasteiger partial charge on any atom is -0.504 e. The molecule has 0 amide bonds. The van der Waals surface area contributed by atoms with Crippen LogP contribution in [-0.4, -0.2) is 16.8 Å². The zero-order chi connectivity index (χ0) is 18.4. The topological polar surface area (TPSA) is 64.5 Å². The number of aromatic hydroxyl groups is 2. The highest BCUT2D eigenvalue weighted by molar-refractivity contribution is 8.93. The second kappa shape index (κ2) is 10.00. The molecule has 1 aliphatic rings. The van der Waals surface area contributed by atoms with Gasteiger partial charge in [0.15, 0.2) is 11.5 Å². The van der Waals surface area contributed by atoms with E-state index in [9.17, 15) is 10.2 Å². The molecule has 0 spiro atoms. The maximum absolute atomic E-state index is 9.32. The summed E-state index contributed by atoms with van der Waals surface area (Å²) >= 11 is 0. The molecule has 1 unspecified atom stereocenters. The van der Waals surface area contributed by atoms with Crippen molar-refractivity contribution in [3.63, 3.8) is 0 Å². The van der Waals surface area contributed by atoms with Gasteiger partial charge in [0.25, 0.3) is 0 Å². The fourth-order valence-electron chi connectivity index (χ4n) is 3.00. The van der Waals surface area contributed by atoms with Crippen molar-refractivity contribution in [1.29, 1.82) is 0 Å². The average molecular weight is 429 g/mol. The first kappa shape index (κ1) is 20.8. The summed E-state index contributed by atoms with van der Waals surface area (Å²) in [5.74, 6) is -0.0536. The highest BCUT2D eigenvalue weighted by atomic mass is 79.9. The fourth-order valence-corrected chi connectivity index (χ4v) is 3.00. The molecule has 0 fully saturated rings. The van der Waals surface area contributed by atoms with Crippen LogP contribution in [-0.2, 0) is 6.42 Å². The van der Waals surface area contributed by atoms with Gasteiger partial charge in [0.05, 0.1) is 0 Å². The number of fused-ring (bicyclic) bond motifs is 1. The van der Waals surface area contributed by atoms with Crippen molar-refractivity contribution in [2.45, 2.75) is 19.4 Å². The monoisotopic (exact) mass is 428 g/mol. The highest BCUT2D eigenvalue weighted by Gasteiger charge is 2.17. The number of hydrogen-bond acceptors (Lipinski definition) is 4. The van der Waals surface area contributed by atoms with E-state index in [2.05, 4.69) is 17.6 Å². The third-order valence-corrected chi connectivity index (χ3v) is 4.38. The van der Waals surface area contributed by atoms with Crippen LogP contribution in [0, 0.1) is 0 Å². The first-order valence-corrected chi connectivity index (χ1v) is 8.79. The van der Waals surface area contributed by atoms with Crippen molar-refractivity contribution >= 4 is 28.4 Å². The number of rotatable bonds is 2. The molecule has 27 heavy (non-hydrogen) atoms. The lowest BCUT2D eigenvalue weighted by Gasteiger charge is -2.24. The van der Waals surface area contributed by atoms with Crippen molar-refractivity contribution in [3.05, 3.63) is 83.9 Å². The van der Waals surface area contributed by atoms with Gasteiger partial charge in [0.2, 0.25) is 0 Å². The van der Waals surface area contributed by atoms with Crippen molar-refractivity contribution in [2.75, 3.05) is 11.9 Å². The van der Waals surface area contributed by atoms with E-state index < -0.39 is 0 Å². The van der Waals surface area contributed by atoms with E-state index in [1.54, 1.807) is 12.1 Å². The molecule has 4 nitrogen and oxygen atoms in total. The number of benzene rings is 3. The lowest BCUT2D eigenvalue weighted by atomic mass is 9.95. The van der Waals surface area contributed by atoms with Gasteiger partial charge in [-0.15, -0.1) is 17.0 Å². The average Bonchev–Trinajstić information content (AvgIpc) is 2.66. The zero-order valence-electron chi connectivity index (χ0n) is 15.2. The summed E-state index contributed by atoms with van der Waals surface area (Å²) in [5, 5.41) is 25.2. The molecule has 1 atom stereocenters. The molecule has 0 saturated carbocycles. The van der Waals surface area contributed by atoms with Gasteiger partial charge in [0, 0.05) is 17.4 Å². The van der Waals surface area contributed by atoms with Crippen LogP contribution >= 0.6 is 17.0 Å². The van der Waals surface area contributed by atoms with Crippen LogP contribution in [0.25, 0.3) is 0 Å². The minimum atomic E-state index is -0.0331. The molecule has 0 bridgehead atoms. The Hall–Kier alpha value is -2.50. The molecular formula is C22H25BrN2O2. The molecule has 0 aromatic heterocycles. The first-order chi connectivity index (χ1) is 12.6. The van der Waals surface area contributed by atoms with Gasteiger partial charge in [-0.25, -0.2) is 0 Å². The molecule has 142 valence electrons. The molecule has 3 aromatic rings. The second-order valence-corrected chi connectivity index (χ2v) is 6.32. The Morgan fingerprint density at radius 3 is 1.93 bits per heavy atom. The van der Waals surface area contributed by atoms with Crippen LogP contribution in [0.4, 0.5) is 11.4 Å². The zero-order valence-corrected chi connectivity index (χ0v) is 16.9. The quantitative estimate of drug-likeness (QED) is 0.417. The standard InChI is InChI=1S/C12H11N.C10H13NO2.BrH/c1-3-7-11(8-4-1)13-12-9-5-2-6-10-12;1-6-8-5-10(13)9(12)4-7(8)2-3-11-6;/h1-10,13H;4-6,11-13H,2-3H2,1H3;1H. The molecule has 1 heterocycles. The number of para-hydroxylation sites is 2. The lowest BCUT2D eigenvalue weighted by Crippen LogP contribution is -2.27. The maximum Gasteiger partial charge on any atom is 0.157 e. The van der Waals surface area contributed by atoms with Crippen LogP contribution in [0.2, 0.25) is 0 Å². The summed E-state index contributed by atoms with van der Waals surface area (Å²) < 4.78 is 0. The SMILES string of the molecule is Br.CC1NCCc2cc(O)c(O)cc21.c1ccc(Nc2ccccc2)cc1. The number of nitrogens with one attached hydrogen (secondary N) is 2. The third kappa shape index (κ3) is 5.74. The highest BCUT2D eigenvalue weighted by Crippen LogP contribution is 2.33. The predicted molar refractivity (Wildman–Crippen MR) is 116 cm³/mol. The summed E-state index contributed by atoms with van der Waals surface area (Å²) in [6, 6.07) is 23.8. The Kier molecular flexibility index (Phi) is 7.70. The molecule has 1 aliphatic heterocycles. The van der Waals surface area contributed by atoms with Gasteiger partial charge in [-0.2, -0.15) is 0 Å².